The zero-order valence-corrected chi connectivity index (χ0v) is 14.9. The summed E-state index contributed by atoms with van der Waals surface area (Å²) in [5, 5.41) is 0. The van der Waals surface area contributed by atoms with Crippen LogP contribution in [0.5, 0.6) is 11.5 Å². The molecule has 0 bridgehead atoms. The molecule has 1 fully saturated rings. The number of hydrogen-bond donors (Lipinski definition) is 1. The lowest BCUT2D eigenvalue weighted by Crippen LogP contribution is -2.21. The summed E-state index contributed by atoms with van der Waals surface area (Å²) in [5.41, 5.74) is 8.66. The lowest BCUT2D eigenvalue weighted by molar-refractivity contribution is 0.00407. The number of hydrogen-bond acceptors (Lipinski definition) is 4. The van der Waals surface area contributed by atoms with Crippen molar-refractivity contribution in [3.8, 4) is 22.6 Å². The standard InChI is InChI=1S/C21H27NO3/c1-2-23-19-10-6-11-20(21(19)16-7-5-8-17(22)15-16)25-14-12-18-9-3-4-13-24-18/h5-8,10-11,15,18H,2-4,9,12-14,22H2,1H3. The summed E-state index contributed by atoms with van der Waals surface area (Å²) in [6, 6.07) is 13.7. The summed E-state index contributed by atoms with van der Waals surface area (Å²) in [6.45, 7) is 4.10. The van der Waals surface area contributed by atoms with E-state index in [0.29, 0.717) is 19.3 Å². The van der Waals surface area contributed by atoms with Gasteiger partial charge in [-0.1, -0.05) is 18.2 Å². The van der Waals surface area contributed by atoms with Gasteiger partial charge in [-0.15, -0.1) is 0 Å². The number of ether oxygens (including phenoxy) is 3. The van der Waals surface area contributed by atoms with E-state index < -0.39 is 0 Å². The van der Waals surface area contributed by atoms with E-state index in [-0.39, 0.29) is 0 Å². The Balaban J connectivity index is 1.78. The molecule has 2 N–H and O–H groups in total. The van der Waals surface area contributed by atoms with E-state index in [0.717, 1.165) is 47.8 Å². The molecule has 1 unspecified atom stereocenters. The predicted molar refractivity (Wildman–Crippen MR) is 101 cm³/mol. The number of rotatable bonds is 7. The molecule has 0 aromatic heterocycles. The maximum absolute atomic E-state index is 6.12. The quantitative estimate of drug-likeness (QED) is 0.743. The molecule has 0 radical (unpaired) electrons. The average molecular weight is 341 g/mol. The van der Waals surface area contributed by atoms with Gasteiger partial charge in [0.25, 0.3) is 0 Å². The van der Waals surface area contributed by atoms with Crippen LogP contribution in [0, 0.1) is 0 Å². The summed E-state index contributed by atoms with van der Waals surface area (Å²) in [4.78, 5) is 0. The Morgan fingerprint density at radius 3 is 2.60 bits per heavy atom. The van der Waals surface area contributed by atoms with Gasteiger partial charge in [0.1, 0.15) is 11.5 Å². The first-order valence-electron chi connectivity index (χ1n) is 9.14. The predicted octanol–water partition coefficient (Wildman–Crippen LogP) is 4.67. The molecule has 1 aliphatic rings. The molecule has 4 heteroatoms. The van der Waals surface area contributed by atoms with E-state index >= 15 is 0 Å². The summed E-state index contributed by atoms with van der Waals surface area (Å²) in [7, 11) is 0. The average Bonchev–Trinajstić information content (AvgIpc) is 2.63. The molecule has 134 valence electrons. The molecule has 3 rings (SSSR count). The number of nitrogen functional groups attached to an aromatic ring is 1. The van der Waals surface area contributed by atoms with Gasteiger partial charge in [-0.3, -0.25) is 0 Å². The van der Waals surface area contributed by atoms with E-state index in [1.54, 1.807) is 0 Å². The summed E-state index contributed by atoms with van der Waals surface area (Å²) in [6.07, 6.45) is 4.78. The molecule has 1 atom stereocenters. The SMILES string of the molecule is CCOc1cccc(OCCC2CCCCO2)c1-c1cccc(N)c1. The van der Waals surface area contributed by atoms with Gasteiger partial charge in [-0.2, -0.15) is 0 Å². The van der Waals surface area contributed by atoms with E-state index in [9.17, 15) is 0 Å². The molecule has 4 nitrogen and oxygen atoms in total. The van der Waals surface area contributed by atoms with Crippen LogP contribution in [-0.4, -0.2) is 25.9 Å². The highest BCUT2D eigenvalue weighted by Crippen LogP contribution is 2.39. The van der Waals surface area contributed by atoms with Crippen molar-refractivity contribution in [2.24, 2.45) is 0 Å². The van der Waals surface area contributed by atoms with Crippen LogP contribution in [0.3, 0.4) is 0 Å². The lowest BCUT2D eigenvalue weighted by atomic mass is 10.0. The fourth-order valence-corrected chi connectivity index (χ4v) is 3.22. The fourth-order valence-electron chi connectivity index (χ4n) is 3.22. The summed E-state index contributed by atoms with van der Waals surface area (Å²) < 4.78 is 17.7. The lowest BCUT2D eigenvalue weighted by Gasteiger charge is -2.23. The Hall–Kier alpha value is -2.20. The third kappa shape index (κ3) is 4.67. The molecule has 2 aromatic rings. The van der Waals surface area contributed by atoms with Gasteiger partial charge in [0.05, 0.1) is 24.9 Å². The Labute approximate surface area is 149 Å². The van der Waals surface area contributed by atoms with Crippen LogP contribution in [0.15, 0.2) is 42.5 Å². The van der Waals surface area contributed by atoms with Crippen molar-refractivity contribution in [1.82, 2.24) is 0 Å². The van der Waals surface area contributed by atoms with Crippen molar-refractivity contribution in [3.05, 3.63) is 42.5 Å². The fraction of sp³-hybridized carbons (Fsp3) is 0.429. The van der Waals surface area contributed by atoms with Gasteiger partial charge in [0, 0.05) is 18.7 Å². The first-order chi connectivity index (χ1) is 12.3. The third-order valence-electron chi connectivity index (χ3n) is 4.43. The Morgan fingerprint density at radius 2 is 1.88 bits per heavy atom. The molecule has 25 heavy (non-hydrogen) atoms. The van der Waals surface area contributed by atoms with Crippen molar-refractivity contribution in [2.75, 3.05) is 25.6 Å². The maximum atomic E-state index is 6.12. The highest BCUT2D eigenvalue weighted by Gasteiger charge is 2.16. The van der Waals surface area contributed by atoms with Crippen LogP contribution < -0.4 is 15.2 Å². The van der Waals surface area contributed by atoms with Crippen molar-refractivity contribution < 1.29 is 14.2 Å². The second-order valence-electron chi connectivity index (χ2n) is 6.31. The van der Waals surface area contributed by atoms with Crippen LogP contribution in [0.25, 0.3) is 11.1 Å². The second kappa shape index (κ2) is 8.77. The molecule has 0 aliphatic carbocycles. The minimum absolute atomic E-state index is 0.319. The molecule has 2 aromatic carbocycles. The zero-order valence-electron chi connectivity index (χ0n) is 14.9. The molecule has 0 spiro atoms. The molecule has 1 aliphatic heterocycles. The van der Waals surface area contributed by atoms with Crippen LogP contribution in [0.4, 0.5) is 5.69 Å². The first-order valence-corrected chi connectivity index (χ1v) is 9.14. The largest absolute Gasteiger partial charge is 0.493 e. The minimum Gasteiger partial charge on any atom is -0.493 e. The van der Waals surface area contributed by atoms with Crippen molar-refractivity contribution in [1.29, 1.82) is 0 Å². The maximum Gasteiger partial charge on any atom is 0.130 e. The Bertz CT molecular complexity index is 681. The number of nitrogens with two attached hydrogens (primary N) is 1. The van der Waals surface area contributed by atoms with Crippen LogP contribution in [-0.2, 0) is 4.74 Å². The Morgan fingerprint density at radius 1 is 1.08 bits per heavy atom. The van der Waals surface area contributed by atoms with Crippen LogP contribution in [0.2, 0.25) is 0 Å². The van der Waals surface area contributed by atoms with Gasteiger partial charge in [0.15, 0.2) is 0 Å². The van der Waals surface area contributed by atoms with Gasteiger partial charge >= 0.3 is 0 Å². The van der Waals surface area contributed by atoms with Crippen LogP contribution >= 0.6 is 0 Å². The highest BCUT2D eigenvalue weighted by molar-refractivity contribution is 5.78. The normalized spacial score (nSPS) is 17.2. The van der Waals surface area contributed by atoms with Crippen LogP contribution in [0.1, 0.15) is 32.6 Å². The molecule has 0 saturated carbocycles. The summed E-state index contributed by atoms with van der Waals surface area (Å²) >= 11 is 0. The monoisotopic (exact) mass is 341 g/mol. The zero-order chi connectivity index (χ0) is 17.5. The Kier molecular flexibility index (Phi) is 6.18. The van der Waals surface area contributed by atoms with Gasteiger partial charge in [-0.25, -0.2) is 0 Å². The van der Waals surface area contributed by atoms with E-state index in [1.165, 1.54) is 12.8 Å². The third-order valence-corrected chi connectivity index (χ3v) is 4.43. The van der Waals surface area contributed by atoms with Crippen molar-refractivity contribution in [2.45, 2.75) is 38.7 Å². The van der Waals surface area contributed by atoms with Crippen molar-refractivity contribution in [3.63, 3.8) is 0 Å². The first kappa shape index (κ1) is 17.6. The van der Waals surface area contributed by atoms with Gasteiger partial charge in [0.2, 0.25) is 0 Å². The second-order valence-corrected chi connectivity index (χ2v) is 6.31. The smallest absolute Gasteiger partial charge is 0.130 e. The van der Waals surface area contributed by atoms with Crippen molar-refractivity contribution >= 4 is 5.69 Å². The molecular formula is C21H27NO3. The summed E-state index contributed by atoms with van der Waals surface area (Å²) in [5.74, 6) is 1.65. The van der Waals surface area contributed by atoms with E-state index in [1.807, 2.05) is 49.4 Å². The van der Waals surface area contributed by atoms with E-state index in [2.05, 4.69) is 0 Å². The van der Waals surface area contributed by atoms with Gasteiger partial charge < -0.3 is 19.9 Å². The topological polar surface area (TPSA) is 53.7 Å². The molecule has 1 heterocycles. The molecular weight excluding hydrogens is 314 g/mol. The number of anilines is 1. The van der Waals surface area contributed by atoms with E-state index in [4.69, 9.17) is 19.9 Å². The van der Waals surface area contributed by atoms with Gasteiger partial charge in [-0.05, 0) is 56.0 Å². The minimum atomic E-state index is 0.319. The highest BCUT2D eigenvalue weighted by atomic mass is 16.5. The number of benzene rings is 2. The molecule has 0 amide bonds. The molecule has 1 saturated heterocycles.